The lowest BCUT2D eigenvalue weighted by Gasteiger charge is -2.42. The maximum absolute atomic E-state index is 12.6. The Morgan fingerprint density at radius 2 is 1.80 bits per heavy atom. The molecule has 0 N–H and O–H groups in total. The van der Waals surface area contributed by atoms with Crippen LogP contribution in [0, 0.1) is 6.92 Å². The first-order valence-corrected chi connectivity index (χ1v) is 8.94. The fourth-order valence-corrected chi connectivity index (χ4v) is 3.44. The Hall–Kier alpha value is -2.33. The third kappa shape index (κ3) is 4.20. The van der Waals surface area contributed by atoms with Crippen LogP contribution in [0.15, 0.2) is 54.6 Å². The Kier molecular flexibility index (Phi) is 5.71. The van der Waals surface area contributed by atoms with Crippen molar-refractivity contribution in [2.45, 2.75) is 26.4 Å². The standard InChI is InChI=1S/C21H26N2O2/c1-3-25-21(24)20-16-22(15-18-10-5-4-6-11-18)13-14-23(20)19-12-8-7-9-17(19)2/h4-12,20H,3,13-16H2,1-2H3. The van der Waals surface area contributed by atoms with Gasteiger partial charge in [0.1, 0.15) is 6.04 Å². The number of aryl methyl sites for hydroxylation is 1. The molecule has 0 radical (unpaired) electrons. The zero-order chi connectivity index (χ0) is 17.6. The van der Waals surface area contributed by atoms with Crippen LogP contribution in [0.1, 0.15) is 18.1 Å². The molecular formula is C21H26N2O2. The van der Waals surface area contributed by atoms with Crippen LogP contribution in [0.5, 0.6) is 0 Å². The molecule has 2 aromatic carbocycles. The van der Waals surface area contributed by atoms with E-state index in [1.807, 2.05) is 25.1 Å². The zero-order valence-corrected chi connectivity index (χ0v) is 15.0. The SMILES string of the molecule is CCOC(=O)C1CN(Cc2ccccc2)CCN1c1ccccc1C. The number of anilines is 1. The van der Waals surface area contributed by atoms with E-state index in [0.717, 1.165) is 25.3 Å². The van der Waals surface area contributed by atoms with Crippen LogP contribution in [-0.2, 0) is 16.1 Å². The molecule has 0 aromatic heterocycles. The molecule has 4 nitrogen and oxygen atoms in total. The van der Waals surface area contributed by atoms with Gasteiger partial charge in [0.25, 0.3) is 0 Å². The average Bonchev–Trinajstić information content (AvgIpc) is 2.63. The molecule has 1 aliphatic heterocycles. The second-order valence-corrected chi connectivity index (χ2v) is 6.47. The number of para-hydroxylation sites is 1. The first-order valence-electron chi connectivity index (χ1n) is 8.94. The van der Waals surface area contributed by atoms with E-state index in [9.17, 15) is 4.79 Å². The van der Waals surface area contributed by atoms with Crippen molar-refractivity contribution in [2.75, 3.05) is 31.1 Å². The number of rotatable bonds is 5. The number of benzene rings is 2. The van der Waals surface area contributed by atoms with Gasteiger partial charge in [-0.1, -0.05) is 48.5 Å². The highest BCUT2D eigenvalue weighted by Gasteiger charge is 2.34. The summed E-state index contributed by atoms with van der Waals surface area (Å²) in [5, 5.41) is 0. The van der Waals surface area contributed by atoms with Gasteiger partial charge >= 0.3 is 5.97 Å². The molecule has 0 saturated carbocycles. The van der Waals surface area contributed by atoms with Crippen molar-refractivity contribution in [3.05, 3.63) is 65.7 Å². The van der Waals surface area contributed by atoms with Gasteiger partial charge in [-0.25, -0.2) is 4.79 Å². The van der Waals surface area contributed by atoms with E-state index < -0.39 is 0 Å². The predicted molar refractivity (Wildman–Crippen MR) is 101 cm³/mol. The number of carbonyl (C=O) groups is 1. The number of carbonyl (C=O) groups excluding carboxylic acids is 1. The van der Waals surface area contributed by atoms with E-state index in [1.54, 1.807) is 0 Å². The van der Waals surface area contributed by atoms with E-state index >= 15 is 0 Å². The maximum atomic E-state index is 12.6. The minimum absolute atomic E-state index is 0.136. The van der Waals surface area contributed by atoms with Crippen LogP contribution in [0.3, 0.4) is 0 Å². The van der Waals surface area contributed by atoms with Crippen LogP contribution < -0.4 is 4.90 Å². The van der Waals surface area contributed by atoms with E-state index in [2.05, 4.69) is 53.1 Å². The summed E-state index contributed by atoms with van der Waals surface area (Å²) in [6.07, 6.45) is 0. The van der Waals surface area contributed by atoms with Crippen molar-refractivity contribution in [3.63, 3.8) is 0 Å². The first-order chi connectivity index (χ1) is 12.2. The highest BCUT2D eigenvalue weighted by molar-refractivity contribution is 5.81. The molecule has 0 amide bonds. The van der Waals surface area contributed by atoms with Gasteiger partial charge in [0, 0.05) is 31.9 Å². The molecule has 4 heteroatoms. The maximum Gasteiger partial charge on any atom is 0.330 e. The summed E-state index contributed by atoms with van der Waals surface area (Å²) in [5.41, 5.74) is 3.59. The number of nitrogens with zero attached hydrogens (tertiary/aromatic N) is 2. The van der Waals surface area contributed by atoms with Crippen molar-refractivity contribution >= 4 is 11.7 Å². The second kappa shape index (κ2) is 8.17. The highest BCUT2D eigenvalue weighted by atomic mass is 16.5. The molecule has 25 heavy (non-hydrogen) atoms. The van der Waals surface area contributed by atoms with Crippen LogP contribution in [0.25, 0.3) is 0 Å². The summed E-state index contributed by atoms with van der Waals surface area (Å²) in [5.74, 6) is -0.136. The highest BCUT2D eigenvalue weighted by Crippen LogP contribution is 2.25. The Morgan fingerprint density at radius 1 is 1.08 bits per heavy atom. The van der Waals surface area contributed by atoms with Crippen LogP contribution in [0.2, 0.25) is 0 Å². The third-order valence-electron chi connectivity index (χ3n) is 4.70. The topological polar surface area (TPSA) is 32.8 Å². The lowest BCUT2D eigenvalue weighted by atomic mass is 10.1. The summed E-state index contributed by atoms with van der Waals surface area (Å²) in [4.78, 5) is 17.1. The second-order valence-electron chi connectivity index (χ2n) is 6.47. The summed E-state index contributed by atoms with van der Waals surface area (Å²) < 4.78 is 5.36. The van der Waals surface area contributed by atoms with Crippen molar-refractivity contribution in [1.29, 1.82) is 0 Å². The van der Waals surface area contributed by atoms with Crippen LogP contribution in [-0.4, -0.2) is 43.2 Å². The molecule has 0 bridgehead atoms. The van der Waals surface area contributed by atoms with Gasteiger partial charge in [0.2, 0.25) is 0 Å². The number of esters is 1. The number of ether oxygens (including phenoxy) is 1. The van der Waals surface area contributed by atoms with Gasteiger partial charge < -0.3 is 9.64 Å². The van der Waals surface area contributed by atoms with E-state index in [-0.39, 0.29) is 12.0 Å². The summed E-state index contributed by atoms with van der Waals surface area (Å²) in [7, 11) is 0. The summed E-state index contributed by atoms with van der Waals surface area (Å²) >= 11 is 0. The molecule has 3 rings (SSSR count). The Morgan fingerprint density at radius 3 is 2.52 bits per heavy atom. The molecule has 2 aromatic rings. The van der Waals surface area contributed by atoms with Gasteiger partial charge in [0.05, 0.1) is 6.61 Å². The van der Waals surface area contributed by atoms with Crippen molar-refractivity contribution in [2.24, 2.45) is 0 Å². The monoisotopic (exact) mass is 338 g/mol. The third-order valence-corrected chi connectivity index (χ3v) is 4.70. The number of hydrogen-bond acceptors (Lipinski definition) is 4. The van der Waals surface area contributed by atoms with Gasteiger partial charge in [-0.05, 0) is 31.0 Å². The normalized spacial score (nSPS) is 18.2. The minimum atomic E-state index is -0.265. The van der Waals surface area contributed by atoms with E-state index in [1.165, 1.54) is 11.1 Å². The van der Waals surface area contributed by atoms with E-state index in [0.29, 0.717) is 13.2 Å². The minimum Gasteiger partial charge on any atom is -0.464 e. The smallest absolute Gasteiger partial charge is 0.330 e. The van der Waals surface area contributed by atoms with Gasteiger partial charge in [0.15, 0.2) is 0 Å². The summed E-state index contributed by atoms with van der Waals surface area (Å²) in [6.45, 7) is 7.66. The Balaban J connectivity index is 1.79. The molecule has 0 aliphatic carbocycles. The van der Waals surface area contributed by atoms with Crippen molar-refractivity contribution in [3.8, 4) is 0 Å². The average molecular weight is 338 g/mol. The Labute approximate surface area is 150 Å². The fraction of sp³-hybridized carbons (Fsp3) is 0.381. The number of piperazine rings is 1. The van der Waals surface area contributed by atoms with Crippen LogP contribution in [0.4, 0.5) is 5.69 Å². The molecule has 1 saturated heterocycles. The van der Waals surface area contributed by atoms with Crippen molar-refractivity contribution in [1.82, 2.24) is 4.90 Å². The van der Waals surface area contributed by atoms with Gasteiger partial charge in [-0.3, -0.25) is 4.90 Å². The molecule has 1 heterocycles. The quantitative estimate of drug-likeness (QED) is 0.784. The molecule has 0 spiro atoms. The molecule has 132 valence electrons. The number of hydrogen-bond donors (Lipinski definition) is 0. The van der Waals surface area contributed by atoms with Crippen LogP contribution >= 0.6 is 0 Å². The Bertz CT molecular complexity index is 702. The first kappa shape index (κ1) is 17.5. The molecule has 1 fully saturated rings. The van der Waals surface area contributed by atoms with E-state index in [4.69, 9.17) is 4.74 Å². The lowest BCUT2D eigenvalue weighted by Crippen LogP contribution is -2.57. The predicted octanol–water partition coefficient (Wildman–Crippen LogP) is 3.25. The van der Waals surface area contributed by atoms with Gasteiger partial charge in [-0.2, -0.15) is 0 Å². The lowest BCUT2D eigenvalue weighted by molar-refractivity contribution is -0.145. The molecule has 1 unspecified atom stereocenters. The molecule has 1 atom stereocenters. The molecule has 1 aliphatic rings. The molecular weight excluding hydrogens is 312 g/mol. The largest absolute Gasteiger partial charge is 0.464 e. The van der Waals surface area contributed by atoms with Crippen molar-refractivity contribution < 1.29 is 9.53 Å². The fourth-order valence-electron chi connectivity index (χ4n) is 3.44. The zero-order valence-electron chi connectivity index (χ0n) is 15.0. The van der Waals surface area contributed by atoms with Gasteiger partial charge in [-0.15, -0.1) is 0 Å². The summed E-state index contributed by atoms with van der Waals surface area (Å²) in [6, 6.07) is 18.4.